The molecular weight excluding hydrogens is 429 g/mol. The lowest BCUT2D eigenvalue weighted by atomic mass is 9.91. The van der Waals surface area contributed by atoms with Crippen molar-refractivity contribution in [2.75, 3.05) is 25.0 Å². The van der Waals surface area contributed by atoms with Crippen molar-refractivity contribution in [2.45, 2.75) is 38.5 Å². The summed E-state index contributed by atoms with van der Waals surface area (Å²) in [6.45, 7) is 2.71. The second-order valence-corrected chi connectivity index (χ2v) is 8.83. The molecule has 8 heteroatoms. The Labute approximate surface area is 184 Å². The summed E-state index contributed by atoms with van der Waals surface area (Å²) in [5.41, 5.74) is 4.14. The number of likely N-dealkylation sites (tertiary alicyclic amines) is 1. The summed E-state index contributed by atoms with van der Waals surface area (Å²) in [6.07, 6.45) is -1.97. The van der Waals surface area contributed by atoms with Gasteiger partial charge in [0.15, 0.2) is 0 Å². The number of alkyl halides is 3. The number of fused-ring (bicyclic) bond motifs is 1. The molecule has 1 aliphatic carbocycles. The summed E-state index contributed by atoms with van der Waals surface area (Å²) in [5, 5.41) is 9.01. The van der Waals surface area contributed by atoms with Crippen molar-refractivity contribution in [3.63, 3.8) is 0 Å². The molecule has 2 aromatic rings. The van der Waals surface area contributed by atoms with Gasteiger partial charge in [-0.25, -0.2) is 0 Å². The van der Waals surface area contributed by atoms with Crippen molar-refractivity contribution < 1.29 is 23.1 Å². The molecule has 1 atom stereocenters. The van der Waals surface area contributed by atoms with Gasteiger partial charge in [-0.3, -0.25) is 9.69 Å². The minimum absolute atomic E-state index is 0.340. The zero-order valence-corrected chi connectivity index (χ0v) is 18.1. The highest BCUT2D eigenvalue weighted by atomic mass is 35.5. The predicted molar refractivity (Wildman–Crippen MR) is 114 cm³/mol. The number of anilines is 1. The van der Waals surface area contributed by atoms with Crippen molar-refractivity contribution in [1.29, 1.82) is 0 Å². The third-order valence-electron chi connectivity index (χ3n) is 6.44. The molecule has 0 spiro atoms. The summed E-state index contributed by atoms with van der Waals surface area (Å²) >= 11 is 5.82. The summed E-state index contributed by atoms with van der Waals surface area (Å²) in [5.74, 6) is -1.32. The maximum atomic E-state index is 13.5. The van der Waals surface area contributed by atoms with Gasteiger partial charge in [-0.05, 0) is 66.6 Å². The largest absolute Gasteiger partial charge is 0.481 e. The Kier molecular flexibility index (Phi) is 5.68. The third kappa shape index (κ3) is 4.01. The first-order valence-electron chi connectivity index (χ1n) is 10.3. The van der Waals surface area contributed by atoms with Gasteiger partial charge in [-0.1, -0.05) is 23.7 Å². The van der Waals surface area contributed by atoms with Crippen molar-refractivity contribution >= 4 is 23.3 Å². The zero-order valence-electron chi connectivity index (χ0n) is 17.3. The Morgan fingerprint density at radius 3 is 2.58 bits per heavy atom. The Morgan fingerprint density at radius 2 is 1.94 bits per heavy atom. The minimum Gasteiger partial charge on any atom is -0.481 e. The maximum absolute atomic E-state index is 13.5. The van der Waals surface area contributed by atoms with Crippen LogP contribution >= 0.6 is 11.6 Å². The molecule has 2 aliphatic rings. The molecule has 0 radical (unpaired) electrons. The second-order valence-electron chi connectivity index (χ2n) is 8.42. The highest BCUT2D eigenvalue weighted by Crippen LogP contribution is 2.42. The first-order chi connectivity index (χ1) is 14.6. The van der Waals surface area contributed by atoms with E-state index in [1.807, 2.05) is 16.7 Å². The van der Waals surface area contributed by atoms with Crippen LogP contribution in [0.25, 0.3) is 0 Å². The Hall–Kier alpha value is -2.25. The molecular formula is C23H24ClF3N2O2. The molecule has 1 unspecified atom stereocenters. The van der Waals surface area contributed by atoms with Crippen LogP contribution in [0.1, 0.15) is 40.4 Å². The van der Waals surface area contributed by atoms with Crippen molar-refractivity contribution in [2.24, 2.45) is 5.92 Å². The molecule has 0 amide bonds. The molecule has 2 aromatic carbocycles. The molecule has 0 saturated carbocycles. The smallest absolute Gasteiger partial charge is 0.417 e. The van der Waals surface area contributed by atoms with Crippen molar-refractivity contribution in [1.82, 2.24) is 4.90 Å². The molecule has 166 valence electrons. The molecule has 1 N–H and O–H groups in total. The SMILES string of the molecule is Cc1ccc2c(c1C(N1CC(C(=O)O)C1)N(C)c1ccc(Cl)c(C(F)(F)F)c1)CCC2. The number of hydrogen-bond acceptors (Lipinski definition) is 3. The van der Waals surface area contributed by atoms with E-state index in [1.165, 1.54) is 17.2 Å². The first-order valence-corrected chi connectivity index (χ1v) is 10.6. The highest BCUT2D eigenvalue weighted by molar-refractivity contribution is 6.31. The van der Waals surface area contributed by atoms with Crippen molar-refractivity contribution in [3.05, 3.63) is 63.2 Å². The quantitative estimate of drug-likeness (QED) is 0.668. The van der Waals surface area contributed by atoms with Gasteiger partial charge in [0, 0.05) is 25.8 Å². The molecule has 4 rings (SSSR count). The van der Waals surface area contributed by atoms with Gasteiger partial charge in [0.2, 0.25) is 0 Å². The fourth-order valence-electron chi connectivity index (χ4n) is 4.75. The summed E-state index contributed by atoms with van der Waals surface area (Å²) in [4.78, 5) is 15.2. The van der Waals surface area contributed by atoms with Crippen molar-refractivity contribution in [3.8, 4) is 0 Å². The Bertz CT molecular complexity index is 1020. The number of halogens is 4. The third-order valence-corrected chi connectivity index (χ3v) is 6.77. The Morgan fingerprint density at radius 1 is 1.23 bits per heavy atom. The lowest BCUT2D eigenvalue weighted by Crippen LogP contribution is -2.55. The van der Waals surface area contributed by atoms with Gasteiger partial charge in [0.25, 0.3) is 0 Å². The number of rotatable bonds is 5. The van der Waals surface area contributed by atoms with Gasteiger partial charge >= 0.3 is 12.1 Å². The first kappa shape index (κ1) is 22.0. The second kappa shape index (κ2) is 8.02. The molecule has 1 fully saturated rings. The van der Waals surface area contributed by atoms with Crippen LogP contribution in [0.5, 0.6) is 0 Å². The van der Waals surface area contributed by atoms with Crippen LogP contribution in [0.15, 0.2) is 30.3 Å². The molecule has 1 heterocycles. The van der Waals surface area contributed by atoms with Crippen LogP contribution < -0.4 is 4.90 Å². The minimum atomic E-state index is -4.56. The van der Waals surface area contributed by atoms with Crippen LogP contribution in [0, 0.1) is 12.8 Å². The number of nitrogens with zero attached hydrogens (tertiary/aromatic N) is 2. The van der Waals surface area contributed by atoms with Crippen LogP contribution in [0.2, 0.25) is 5.02 Å². The van der Waals surface area contributed by atoms with Crippen LogP contribution in [0.4, 0.5) is 18.9 Å². The van der Waals surface area contributed by atoms with Crippen LogP contribution in [0.3, 0.4) is 0 Å². The van der Waals surface area contributed by atoms with Crippen LogP contribution in [-0.2, 0) is 23.8 Å². The molecule has 31 heavy (non-hydrogen) atoms. The van der Waals surface area contributed by atoms with E-state index in [4.69, 9.17) is 11.6 Å². The normalized spacial score (nSPS) is 17.9. The lowest BCUT2D eigenvalue weighted by molar-refractivity contribution is -0.148. The summed E-state index contributed by atoms with van der Waals surface area (Å²) in [7, 11) is 1.76. The lowest BCUT2D eigenvalue weighted by Gasteiger charge is -2.47. The number of carbonyl (C=O) groups is 1. The van der Waals surface area contributed by atoms with E-state index >= 15 is 0 Å². The number of hydrogen-bond donors (Lipinski definition) is 1. The summed E-state index contributed by atoms with van der Waals surface area (Å²) < 4.78 is 40.4. The number of carboxylic acids is 1. The van der Waals surface area contributed by atoms with E-state index in [1.54, 1.807) is 13.1 Å². The van der Waals surface area contributed by atoms with E-state index in [0.29, 0.717) is 18.8 Å². The van der Waals surface area contributed by atoms with Gasteiger partial charge in [-0.2, -0.15) is 13.2 Å². The van der Waals surface area contributed by atoms with E-state index < -0.39 is 23.6 Å². The van der Waals surface area contributed by atoms with Crippen LogP contribution in [-0.4, -0.2) is 36.1 Å². The van der Waals surface area contributed by atoms with E-state index in [-0.39, 0.29) is 11.2 Å². The number of aryl methyl sites for hydroxylation is 2. The number of carboxylic acid groups (broad SMARTS) is 1. The van der Waals surface area contributed by atoms with E-state index in [2.05, 4.69) is 12.1 Å². The number of aliphatic carboxylic acids is 1. The monoisotopic (exact) mass is 452 g/mol. The van der Waals surface area contributed by atoms with Gasteiger partial charge in [-0.15, -0.1) is 0 Å². The molecule has 1 saturated heterocycles. The zero-order chi connectivity index (χ0) is 22.5. The average Bonchev–Trinajstić information content (AvgIpc) is 3.12. The highest BCUT2D eigenvalue weighted by Gasteiger charge is 2.41. The predicted octanol–water partition coefficient (Wildman–Crippen LogP) is 5.31. The van der Waals surface area contributed by atoms with E-state index in [0.717, 1.165) is 36.5 Å². The maximum Gasteiger partial charge on any atom is 0.417 e. The molecule has 0 bridgehead atoms. The fraction of sp³-hybridized carbons (Fsp3) is 0.435. The van der Waals surface area contributed by atoms with E-state index in [9.17, 15) is 23.1 Å². The molecule has 0 aromatic heterocycles. The standard InChI is InChI=1S/C23H24ClF3N2O2/c1-13-6-7-14-4-3-5-17(14)20(13)21(29-11-15(12-29)22(30)31)28(2)16-8-9-19(24)18(10-16)23(25,26)27/h6-10,15,21H,3-5,11-12H2,1-2H3,(H,30,31). The fourth-order valence-corrected chi connectivity index (χ4v) is 4.98. The van der Waals surface area contributed by atoms with Gasteiger partial charge < -0.3 is 10.0 Å². The summed E-state index contributed by atoms with van der Waals surface area (Å²) in [6, 6.07) is 8.10. The molecule has 1 aliphatic heterocycles. The topological polar surface area (TPSA) is 43.8 Å². The average molecular weight is 453 g/mol. The molecule has 4 nitrogen and oxygen atoms in total. The van der Waals surface area contributed by atoms with Gasteiger partial charge in [0.05, 0.1) is 16.5 Å². The van der Waals surface area contributed by atoms with Gasteiger partial charge in [0.1, 0.15) is 6.17 Å². The Balaban J connectivity index is 1.78. The number of benzene rings is 2.